The van der Waals surface area contributed by atoms with Crippen LogP contribution in [0.3, 0.4) is 0 Å². The number of epoxide rings is 1. The summed E-state index contributed by atoms with van der Waals surface area (Å²) in [6.45, 7) is 10.2. The summed E-state index contributed by atoms with van der Waals surface area (Å²) in [5, 5.41) is 9.29. The molecule has 2 atom stereocenters. The van der Waals surface area contributed by atoms with Gasteiger partial charge < -0.3 is 9.84 Å². The van der Waals surface area contributed by atoms with Crippen molar-refractivity contribution in [1.82, 2.24) is 0 Å². The van der Waals surface area contributed by atoms with Crippen molar-refractivity contribution in [2.45, 2.75) is 85.4 Å². The van der Waals surface area contributed by atoms with Crippen LogP contribution >= 0.6 is 0 Å². The Bertz CT molecular complexity index is 497. The van der Waals surface area contributed by atoms with Crippen LogP contribution in [0.2, 0.25) is 0 Å². The van der Waals surface area contributed by atoms with E-state index in [0.717, 1.165) is 44.1 Å². The van der Waals surface area contributed by atoms with Gasteiger partial charge in [0.1, 0.15) is 0 Å². The quantitative estimate of drug-likeness (QED) is 0.332. The van der Waals surface area contributed by atoms with Gasteiger partial charge in [-0.1, -0.05) is 35.8 Å². The number of carbonyl (C=O) groups is 1. The molecule has 1 heterocycles. The highest BCUT2D eigenvalue weighted by Crippen LogP contribution is 2.27. The third kappa shape index (κ3) is 7.65. The smallest absolute Gasteiger partial charge is 0.331 e. The normalized spacial score (nSPS) is 22.8. The van der Waals surface area contributed by atoms with Crippen LogP contribution in [0.25, 0.3) is 0 Å². The summed E-state index contributed by atoms with van der Waals surface area (Å²) in [5.41, 5.74) is 4.20. The first kappa shape index (κ1) is 19.7. The van der Waals surface area contributed by atoms with E-state index in [2.05, 4.69) is 39.8 Å². The zero-order valence-electron chi connectivity index (χ0n) is 15.3. The number of carboxylic acids is 1. The molecule has 0 saturated carbocycles. The lowest BCUT2D eigenvalue weighted by Crippen LogP contribution is -2.02. The van der Waals surface area contributed by atoms with Gasteiger partial charge in [0.25, 0.3) is 0 Å². The third-order valence-electron chi connectivity index (χ3n) is 4.58. The molecule has 1 aliphatic heterocycles. The standard InChI is InChI=1S/C20H32O3/c1-6-7-14(2)8-11-18(16(4)20(21)22)12-9-15(3)10-13-19-17(5)23-19/h7,9,17,19H,6,8,10-13H2,1-5H3,(H,21,22)/b14-7+,15-9+,18-16-. The Morgan fingerprint density at radius 1 is 1.09 bits per heavy atom. The Kier molecular flexibility index (Phi) is 8.32. The van der Waals surface area contributed by atoms with Gasteiger partial charge in [-0.3, -0.25) is 0 Å². The molecule has 3 heteroatoms. The summed E-state index contributed by atoms with van der Waals surface area (Å²) < 4.78 is 5.43. The van der Waals surface area contributed by atoms with E-state index in [0.29, 0.717) is 17.8 Å². The van der Waals surface area contributed by atoms with Crippen molar-refractivity contribution < 1.29 is 14.6 Å². The second-order valence-corrected chi connectivity index (χ2v) is 6.67. The molecule has 1 saturated heterocycles. The molecule has 0 aromatic carbocycles. The van der Waals surface area contributed by atoms with Crippen molar-refractivity contribution in [3.05, 3.63) is 34.4 Å². The topological polar surface area (TPSA) is 49.8 Å². The predicted molar refractivity (Wildman–Crippen MR) is 95.6 cm³/mol. The van der Waals surface area contributed by atoms with Gasteiger partial charge >= 0.3 is 5.97 Å². The minimum absolute atomic E-state index is 0.417. The van der Waals surface area contributed by atoms with Crippen LogP contribution in [0.4, 0.5) is 0 Å². The van der Waals surface area contributed by atoms with E-state index in [1.54, 1.807) is 6.92 Å². The van der Waals surface area contributed by atoms with E-state index in [4.69, 9.17) is 4.74 Å². The van der Waals surface area contributed by atoms with Crippen molar-refractivity contribution in [1.29, 1.82) is 0 Å². The zero-order chi connectivity index (χ0) is 17.4. The number of allylic oxidation sites excluding steroid dienone is 5. The van der Waals surface area contributed by atoms with Crippen LogP contribution in [0, 0.1) is 0 Å². The Morgan fingerprint density at radius 2 is 1.70 bits per heavy atom. The van der Waals surface area contributed by atoms with Crippen molar-refractivity contribution in [2.24, 2.45) is 0 Å². The molecule has 1 N–H and O–H groups in total. The third-order valence-corrected chi connectivity index (χ3v) is 4.58. The SMILES string of the molecule is CC/C=C(\C)CC/C(C/C=C(\C)CCC1OC1C)=C(\C)C(=O)O. The Hall–Kier alpha value is -1.35. The highest BCUT2D eigenvalue weighted by Gasteiger charge is 2.33. The molecule has 23 heavy (non-hydrogen) atoms. The van der Waals surface area contributed by atoms with Crippen molar-refractivity contribution >= 4 is 5.97 Å². The average Bonchev–Trinajstić information content (AvgIpc) is 3.20. The molecule has 3 nitrogen and oxygen atoms in total. The lowest BCUT2D eigenvalue weighted by molar-refractivity contribution is -0.132. The first-order chi connectivity index (χ1) is 10.8. The molecule has 130 valence electrons. The summed E-state index contributed by atoms with van der Waals surface area (Å²) >= 11 is 0. The molecule has 0 radical (unpaired) electrons. The van der Waals surface area contributed by atoms with Crippen molar-refractivity contribution in [3.63, 3.8) is 0 Å². The molecule has 1 rings (SSSR count). The molecular weight excluding hydrogens is 288 g/mol. The lowest BCUT2D eigenvalue weighted by atomic mass is 9.96. The molecule has 2 unspecified atom stereocenters. The fourth-order valence-electron chi connectivity index (χ4n) is 2.69. The average molecular weight is 320 g/mol. The van der Waals surface area contributed by atoms with E-state index in [1.165, 1.54) is 11.1 Å². The molecule has 0 aliphatic carbocycles. The fraction of sp³-hybridized carbons (Fsp3) is 0.650. The van der Waals surface area contributed by atoms with Gasteiger partial charge in [-0.05, 0) is 66.2 Å². The van der Waals surface area contributed by atoms with E-state index in [1.807, 2.05) is 0 Å². The van der Waals surface area contributed by atoms with Crippen LogP contribution in [0.15, 0.2) is 34.4 Å². The molecule has 0 aromatic heterocycles. The number of carboxylic acid groups (broad SMARTS) is 1. The van der Waals surface area contributed by atoms with Gasteiger partial charge in [-0.25, -0.2) is 4.79 Å². The monoisotopic (exact) mass is 320 g/mol. The maximum atomic E-state index is 11.3. The molecule has 0 aromatic rings. The number of hydrogen-bond acceptors (Lipinski definition) is 2. The predicted octanol–water partition coefficient (Wildman–Crippen LogP) is 5.43. The number of aliphatic carboxylic acids is 1. The van der Waals surface area contributed by atoms with Gasteiger partial charge in [0.15, 0.2) is 0 Å². The highest BCUT2D eigenvalue weighted by molar-refractivity contribution is 5.86. The van der Waals surface area contributed by atoms with Gasteiger partial charge in [0.05, 0.1) is 12.2 Å². The molecule has 1 aliphatic rings. The Labute approximate surface area is 141 Å². The second kappa shape index (κ2) is 9.71. The van der Waals surface area contributed by atoms with Crippen LogP contribution in [0.5, 0.6) is 0 Å². The minimum atomic E-state index is -0.802. The Balaban J connectivity index is 2.60. The minimum Gasteiger partial charge on any atom is -0.478 e. The van der Waals surface area contributed by atoms with Gasteiger partial charge in [0.2, 0.25) is 0 Å². The van der Waals surface area contributed by atoms with Crippen LogP contribution in [0.1, 0.15) is 73.1 Å². The second-order valence-electron chi connectivity index (χ2n) is 6.67. The van der Waals surface area contributed by atoms with Crippen LogP contribution in [-0.4, -0.2) is 23.3 Å². The number of rotatable bonds is 10. The van der Waals surface area contributed by atoms with E-state index in [9.17, 15) is 9.90 Å². The van der Waals surface area contributed by atoms with Crippen molar-refractivity contribution in [3.8, 4) is 0 Å². The summed E-state index contributed by atoms with van der Waals surface area (Å²) in [5.74, 6) is -0.802. The summed E-state index contributed by atoms with van der Waals surface area (Å²) in [7, 11) is 0. The van der Waals surface area contributed by atoms with E-state index in [-0.39, 0.29) is 0 Å². The Morgan fingerprint density at radius 3 is 2.22 bits per heavy atom. The zero-order valence-corrected chi connectivity index (χ0v) is 15.3. The fourth-order valence-corrected chi connectivity index (χ4v) is 2.69. The largest absolute Gasteiger partial charge is 0.478 e. The van der Waals surface area contributed by atoms with Gasteiger partial charge in [-0.15, -0.1) is 0 Å². The summed E-state index contributed by atoms with van der Waals surface area (Å²) in [4.78, 5) is 11.3. The van der Waals surface area contributed by atoms with Crippen molar-refractivity contribution in [2.75, 3.05) is 0 Å². The first-order valence-electron chi connectivity index (χ1n) is 8.73. The maximum Gasteiger partial charge on any atom is 0.331 e. The maximum absolute atomic E-state index is 11.3. The highest BCUT2D eigenvalue weighted by atomic mass is 16.6. The lowest BCUT2D eigenvalue weighted by Gasteiger charge is -2.10. The van der Waals surface area contributed by atoms with E-state index < -0.39 is 5.97 Å². The molecule has 0 spiro atoms. The number of ether oxygens (including phenoxy) is 1. The molecule has 1 fully saturated rings. The van der Waals surface area contributed by atoms with E-state index >= 15 is 0 Å². The molecule has 0 bridgehead atoms. The van der Waals surface area contributed by atoms with Gasteiger partial charge in [0, 0.05) is 5.57 Å². The van der Waals surface area contributed by atoms with Crippen LogP contribution in [-0.2, 0) is 9.53 Å². The first-order valence-corrected chi connectivity index (χ1v) is 8.73. The molecular formula is C20H32O3. The summed E-state index contributed by atoms with van der Waals surface area (Å²) in [6, 6.07) is 0. The molecule has 0 amide bonds. The number of hydrogen-bond donors (Lipinski definition) is 1. The van der Waals surface area contributed by atoms with Crippen LogP contribution < -0.4 is 0 Å². The van der Waals surface area contributed by atoms with Gasteiger partial charge in [-0.2, -0.15) is 0 Å². The summed E-state index contributed by atoms with van der Waals surface area (Å²) in [6.07, 6.45) is 10.9.